The van der Waals surface area contributed by atoms with Crippen molar-refractivity contribution in [3.63, 3.8) is 0 Å². The average molecular weight is 493 g/mol. The molecule has 0 aliphatic carbocycles. The number of nitrogens with one attached hydrogen (secondary N) is 1. The van der Waals surface area contributed by atoms with Crippen molar-refractivity contribution in [3.8, 4) is 11.1 Å². The summed E-state index contributed by atoms with van der Waals surface area (Å²) in [6.45, 7) is 4.64. The van der Waals surface area contributed by atoms with Gasteiger partial charge in [0.25, 0.3) is 0 Å². The second-order valence-corrected chi connectivity index (χ2v) is 9.76. The second kappa shape index (κ2) is 8.87. The van der Waals surface area contributed by atoms with Gasteiger partial charge in [0.15, 0.2) is 0 Å². The summed E-state index contributed by atoms with van der Waals surface area (Å²) < 4.78 is 35.7. The number of methoxy groups -OCH3 is 1. The van der Waals surface area contributed by atoms with E-state index in [0.29, 0.717) is 45.7 Å². The molecule has 0 spiro atoms. The molecule has 2 atom stereocenters. The van der Waals surface area contributed by atoms with Gasteiger partial charge < -0.3 is 15.0 Å². The SMILES string of the molecule is COC1CSc2c(-c3ccc(F)cc3F)c(Cl)cc3c(N4CCNC[C@@H]4C)nc(=O)n(c23)C1. The number of thioether (sulfide) groups is 1. The van der Waals surface area contributed by atoms with Gasteiger partial charge in [0, 0.05) is 66.0 Å². The molecule has 5 rings (SSSR count). The lowest BCUT2D eigenvalue weighted by Gasteiger charge is -2.35. The lowest BCUT2D eigenvalue weighted by Crippen LogP contribution is -2.51. The number of nitrogens with zero attached hydrogens (tertiary/aromatic N) is 3. The van der Waals surface area contributed by atoms with Gasteiger partial charge in [-0.25, -0.2) is 13.6 Å². The summed E-state index contributed by atoms with van der Waals surface area (Å²) >= 11 is 8.23. The standard InChI is InChI=1S/C23H23ClF2N4O2S/c1-12-9-27-5-6-29(12)22-16-8-17(24)19(15-4-3-13(25)7-18(15)26)21-20(16)30(23(31)28-22)10-14(32-2)11-33-21/h3-4,7-8,12,14,27H,5-6,9-11H2,1-2H3/t12-,14?/m0/s1. The number of anilines is 1. The zero-order chi connectivity index (χ0) is 23.3. The first kappa shape index (κ1) is 22.6. The van der Waals surface area contributed by atoms with E-state index in [1.807, 2.05) is 0 Å². The van der Waals surface area contributed by atoms with Gasteiger partial charge in [0.05, 0.1) is 23.2 Å². The molecule has 33 heavy (non-hydrogen) atoms. The molecule has 1 fully saturated rings. The van der Waals surface area contributed by atoms with Crippen LogP contribution in [0.1, 0.15) is 6.92 Å². The van der Waals surface area contributed by atoms with Crippen molar-refractivity contribution in [2.45, 2.75) is 30.5 Å². The Kier molecular flexibility index (Phi) is 6.07. The van der Waals surface area contributed by atoms with Crippen LogP contribution >= 0.6 is 23.4 Å². The van der Waals surface area contributed by atoms with Gasteiger partial charge in [-0.3, -0.25) is 4.57 Å². The van der Waals surface area contributed by atoms with Crippen molar-refractivity contribution in [3.05, 3.63) is 51.4 Å². The number of benzene rings is 2. The molecule has 2 aliphatic rings. The van der Waals surface area contributed by atoms with E-state index < -0.39 is 11.6 Å². The molecule has 1 saturated heterocycles. The minimum absolute atomic E-state index is 0.130. The summed E-state index contributed by atoms with van der Waals surface area (Å²) in [7, 11) is 1.60. The van der Waals surface area contributed by atoms with Crippen molar-refractivity contribution in [2.75, 3.05) is 37.4 Å². The Morgan fingerprint density at radius 2 is 2.12 bits per heavy atom. The monoisotopic (exact) mass is 492 g/mol. The van der Waals surface area contributed by atoms with Crippen molar-refractivity contribution < 1.29 is 13.5 Å². The predicted molar refractivity (Wildman–Crippen MR) is 128 cm³/mol. The van der Waals surface area contributed by atoms with Crippen molar-refractivity contribution >= 4 is 40.1 Å². The molecule has 10 heteroatoms. The fourth-order valence-electron chi connectivity index (χ4n) is 4.56. The van der Waals surface area contributed by atoms with Crippen LogP contribution in [-0.2, 0) is 11.3 Å². The Labute approximate surface area is 198 Å². The maximum atomic E-state index is 14.9. The summed E-state index contributed by atoms with van der Waals surface area (Å²) in [4.78, 5) is 20.5. The topological polar surface area (TPSA) is 59.4 Å². The van der Waals surface area contributed by atoms with E-state index in [-0.39, 0.29) is 23.4 Å². The highest BCUT2D eigenvalue weighted by atomic mass is 35.5. The molecule has 2 aromatic carbocycles. The first-order valence-corrected chi connectivity index (χ1v) is 12.1. The van der Waals surface area contributed by atoms with Crippen LogP contribution in [0.25, 0.3) is 22.0 Å². The van der Waals surface area contributed by atoms with Crippen molar-refractivity contribution in [1.82, 2.24) is 14.9 Å². The van der Waals surface area contributed by atoms with Crippen molar-refractivity contribution in [1.29, 1.82) is 0 Å². The van der Waals surface area contributed by atoms with Crippen molar-refractivity contribution in [2.24, 2.45) is 0 Å². The van der Waals surface area contributed by atoms with Gasteiger partial charge in [-0.1, -0.05) is 11.6 Å². The van der Waals surface area contributed by atoms with Gasteiger partial charge >= 0.3 is 5.69 Å². The highest BCUT2D eigenvalue weighted by Crippen LogP contribution is 2.46. The zero-order valence-electron chi connectivity index (χ0n) is 18.2. The van der Waals surface area contributed by atoms with Gasteiger partial charge in [-0.2, -0.15) is 4.98 Å². The van der Waals surface area contributed by atoms with E-state index in [1.54, 1.807) is 17.7 Å². The molecule has 1 N–H and O–H groups in total. The number of piperazine rings is 1. The normalized spacial score (nSPS) is 20.8. The van der Waals surface area contributed by atoms with Crippen LogP contribution < -0.4 is 15.9 Å². The summed E-state index contributed by atoms with van der Waals surface area (Å²) in [5.74, 6) is -0.254. The Morgan fingerprint density at radius 3 is 2.85 bits per heavy atom. The molecule has 0 bridgehead atoms. The average Bonchev–Trinajstić information content (AvgIpc) is 2.98. The first-order chi connectivity index (χ1) is 15.9. The number of hydrogen-bond acceptors (Lipinski definition) is 6. The number of ether oxygens (including phenoxy) is 1. The summed E-state index contributed by atoms with van der Waals surface area (Å²) in [5.41, 5.74) is 0.905. The quantitative estimate of drug-likeness (QED) is 0.598. The van der Waals surface area contributed by atoms with Gasteiger partial charge in [-0.05, 0) is 25.1 Å². The molecular weight excluding hydrogens is 470 g/mol. The lowest BCUT2D eigenvalue weighted by molar-refractivity contribution is 0.107. The van der Waals surface area contributed by atoms with E-state index in [0.717, 1.165) is 24.5 Å². The molecule has 1 unspecified atom stereocenters. The largest absolute Gasteiger partial charge is 0.379 e. The third-order valence-electron chi connectivity index (χ3n) is 6.26. The van der Waals surface area contributed by atoms with E-state index in [9.17, 15) is 13.6 Å². The number of halogens is 3. The fourth-order valence-corrected chi connectivity index (χ4v) is 6.24. The molecule has 174 valence electrons. The molecule has 6 nitrogen and oxygen atoms in total. The van der Waals surface area contributed by atoms with Crippen LogP contribution in [-0.4, -0.2) is 54.2 Å². The Balaban J connectivity index is 1.85. The minimum Gasteiger partial charge on any atom is -0.379 e. The maximum Gasteiger partial charge on any atom is 0.350 e. The molecule has 0 saturated carbocycles. The van der Waals surface area contributed by atoms with Gasteiger partial charge in [0.1, 0.15) is 17.5 Å². The van der Waals surface area contributed by atoms with Crippen LogP contribution in [0.4, 0.5) is 14.6 Å². The Bertz CT molecular complexity index is 1300. The Morgan fingerprint density at radius 1 is 1.30 bits per heavy atom. The molecule has 0 amide bonds. The van der Waals surface area contributed by atoms with E-state index in [1.165, 1.54) is 23.9 Å². The van der Waals surface area contributed by atoms with Crippen LogP contribution in [0, 0.1) is 11.6 Å². The van der Waals surface area contributed by atoms with Gasteiger partial charge in [0.2, 0.25) is 0 Å². The number of rotatable bonds is 3. The summed E-state index contributed by atoms with van der Waals surface area (Å²) in [6, 6.07) is 5.31. The highest BCUT2D eigenvalue weighted by Gasteiger charge is 2.30. The molecule has 3 aromatic rings. The number of hydrogen-bond donors (Lipinski definition) is 1. The van der Waals surface area contributed by atoms with E-state index in [4.69, 9.17) is 16.3 Å². The van der Waals surface area contributed by atoms with Crippen LogP contribution in [0.3, 0.4) is 0 Å². The zero-order valence-corrected chi connectivity index (χ0v) is 19.8. The maximum absolute atomic E-state index is 14.9. The third kappa shape index (κ3) is 3.90. The van der Waals surface area contributed by atoms with E-state index in [2.05, 4.69) is 22.1 Å². The smallest absolute Gasteiger partial charge is 0.350 e. The van der Waals surface area contributed by atoms with Crippen LogP contribution in [0.15, 0.2) is 34.0 Å². The van der Waals surface area contributed by atoms with Gasteiger partial charge in [-0.15, -0.1) is 11.8 Å². The Hall–Kier alpha value is -2.20. The molecule has 1 aromatic heterocycles. The number of aromatic nitrogens is 2. The lowest BCUT2D eigenvalue weighted by atomic mass is 10.0. The highest BCUT2D eigenvalue weighted by molar-refractivity contribution is 7.99. The predicted octanol–water partition coefficient (Wildman–Crippen LogP) is 3.91. The second-order valence-electron chi connectivity index (χ2n) is 8.33. The summed E-state index contributed by atoms with van der Waals surface area (Å²) in [5, 5.41) is 4.40. The minimum atomic E-state index is -0.709. The summed E-state index contributed by atoms with van der Waals surface area (Å²) in [6.07, 6.45) is -0.237. The third-order valence-corrected chi connectivity index (χ3v) is 7.78. The molecule has 0 radical (unpaired) electrons. The fraction of sp³-hybridized carbons (Fsp3) is 0.391. The molecular formula is C23H23ClF2N4O2S. The van der Waals surface area contributed by atoms with Crippen LogP contribution in [0.2, 0.25) is 5.02 Å². The first-order valence-electron chi connectivity index (χ1n) is 10.7. The molecule has 2 aliphatic heterocycles. The molecule has 3 heterocycles. The van der Waals surface area contributed by atoms with E-state index >= 15 is 0 Å². The van der Waals surface area contributed by atoms with Crippen LogP contribution in [0.5, 0.6) is 0 Å².